The first kappa shape index (κ1) is 13.1. The van der Waals surface area contributed by atoms with E-state index in [1.807, 2.05) is 25.1 Å². The maximum atomic E-state index is 9.07. The molecule has 19 heavy (non-hydrogen) atoms. The highest BCUT2D eigenvalue weighted by Gasteiger charge is 2.11. The van der Waals surface area contributed by atoms with Crippen molar-refractivity contribution in [2.24, 2.45) is 0 Å². The summed E-state index contributed by atoms with van der Waals surface area (Å²) in [5, 5.41) is 20.7. The molecule has 0 aliphatic carbocycles. The highest BCUT2D eigenvalue weighted by Crippen LogP contribution is 2.15. The second kappa shape index (κ2) is 5.53. The van der Waals surface area contributed by atoms with Crippen molar-refractivity contribution in [1.82, 2.24) is 15.0 Å². The summed E-state index contributed by atoms with van der Waals surface area (Å²) >= 11 is 0. The first-order valence-corrected chi connectivity index (χ1v) is 6.34. The standard InChI is InChI=1S/C14H17N5/c1-4-7-16-14-13(9-15)17-19(18-14)12-6-5-10(2)11(3)8-12/h5-6,8H,4,7H2,1-3H3,(H,16,18). The van der Waals surface area contributed by atoms with E-state index in [4.69, 9.17) is 5.26 Å². The van der Waals surface area contributed by atoms with Crippen LogP contribution < -0.4 is 5.32 Å². The molecule has 0 saturated heterocycles. The first-order chi connectivity index (χ1) is 9.15. The molecule has 98 valence electrons. The Balaban J connectivity index is 2.37. The van der Waals surface area contributed by atoms with E-state index in [-0.39, 0.29) is 0 Å². The number of aryl methyl sites for hydroxylation is 2. The lowest BCUT2D eigenvalue weighted by Crippen LogP contribution is -2.03. The third kappa shape index (κ3) is 2.74. The zero-order valence-corrected chi connectivity index (χ0v) is 11.4. The number of nitrogens with zero attached hydrogens (tertiary/aromatic N) is 4. The lowest BCUT2D eigenvalue weighted by Gasteiger charge is -2.03. The van der Waals surface area contributed by atoms with Crippen molar-refractivity contribution in [3.05, 3.63) is 35.0 Å². The fraction of sp³-hybridized carbons (Fsp3) is 0.357. The molecule has 2 rings (SSSR count). The molecular formula is C14H17N5. The number of nitrogens with one attached hydrogen (secondary N) is 1. The van der Waals surface area contributed by atoms with Crippen LogP contribution in [0, 0.1) is 25.2 Å². The van der Waals surface area contributed by atoms with E-state index >= 15 is 0 Å². The van der Waals surface area contributed by atoms with Crippen LogP contribution in [0.3, 0.4) is 0 Å². The molecule has 0 aliphatic heterocycles. The second-order valence-electron chi connectivity index (χ2n) is 4.49. The minimum Gasteiger partial charge on any atom is -0.366 e. The molecule has 0 spiro atoms. The molecule has 1 heterocycles. The summed E-state index contributed by atoms with van der Waals surface area (Å²) < 4.78 is 0. The van der Waals surface area contributed by atoms with Crippen molar-refractivity contribution >= 4 is 5.82 Å². The molecule has 5 heteroatoms. The molecule has 0 aliphatic rings. The lowest BCUT2D eigenvalue weighted by atomic mass is 10.1. The lowest BCUT2D eigenvalue weighted by molar-refractivity contribution is 0.748. The van der Waals surface area contributed by atoms with Gasteiger partial charge < -0.3 is 5.32 Å². The Labute approximate surface area is 112 Å². The zero-order valence-electron chi connectivity index (χ0n) is 11.4. The van der Waals surface area contributed by atoms with E-state index in [9.17, 15) is 0 Å². The van der Waals surface area contributed by atoms with Crippen molar-refractivity contribution < 1.29 is 0 Å². The monoisotopic (exact) mass is 255 g/mol. The fourth-order valence-corrected chi connectivity index (χ4v) is 1.71. The van der Waals surface area contributed by atoms with Gasteiger partial charge in [-0.05, 0) is 43.5 Å². The Morgan fingerprint density at radius 2 is 2.05 bits per heavy atom. The van der Waals surface area contributed by atoms with Crippen LogP contribution in [0.15, 0.2) is 18.2 Å². The Morgan fingerprint density at radius 3 is 2.68 bits per heavy atom. The number of hydrogen-bond acceptors (Lipinski definition) is 4. The fourth-order valence-electron chi connectivity index (χ4n) is 1.71. The predicted molar refractivity (Wildman–Crippen MR) is 74.3 cm³/mol. The van der Waals surface area contributed by atoms with Crippen molar-refractivity contribution in [3.63, 3.8) is 0 Å². The number of nitriles is 1. The molecular weight excluding hydrogens is 238 g/mol. The summed E-state index contributed by atoms with van der Waals surface area (Å²) in [6.45, 7) is 6.95. The van der Waals surface area contributed by atoms with Crippen molar-refractivity contribution in [2.75, 3.05) is 11.9 Å². The number of hydrogen-bond donors (Lipinski definition) is 1. The van der Waals surface area contributed by atoms with Gasteiger partial charge in [-0.15, -0.1) is 15.0 Å². The van der Waals surface area contributed by atoms with E-state index in [1.165, 1.54) is 15.9 Å². The van der Waals surface area contributed by atoms with Crippen molar-refractivity contribution in [2.45, 2.75) is 27.2 Å². The normalized spacial score (nSPS) is 10.2. The number of anilines is 1. The van der Waals surface area contributed by atoms with Crippen molar-refractivity contribution in [1.29, 1.82) is 5.26 Å². The molecule has 1 N–H and O–H groups in total. The maximum absolute atomic E-state index is 9.07. The van der Waals surface area contributed by atoms with Crippen LogP contribution in [0.1, 0.15) is 30.2 Å². The molecule has 0 bridgehead atoms. The molecule has 0 amide bonds. The Hall–Kier alpha value is -2.35. The molecule has 0 unspecified atom stereocenters. The van der Waals surface area contributed by atoms with Gasteiger partial charge in [-0.3, -0.25) is 0 Å². The zero-order chi connectivity index (χ0) is 13.8. The minimum atomic E-state index is 0.326. The predicted octanol–water partition coefficient (Wildman–Crippen LogP) is 2.58. The van der Waals surface area contributed by atoms with Gasteiger partial charge >= 0.3 is 0 Å². The molecule has 0 radical (unpaired) electrons. The summed E-state index contributed by atoms with van der Waals surface area (Å²) in [6, 6.07) is 8.06. The SMILES string of the molecule is CCCNc1nn(-c2ccc(C)c(C)c2)nc1C#N. The Kier molecular flexibility index (Phi) is 3.81. The van der Waals surface area contributed by atoms with E-state index in [2.05, 4.69) is 35.4 Å². The van der Waals surface area contributed by atoms with Crippen LogP contribution in [-0.2, 0) is 0 Å². The average Bonchev–Trinajstić information content (AvgIpc) is 2.82. The van der Waals surface area contributed by atoms with E-state index in [1.54, 1.807) is 0 Å². The van der Waals surface area contributed by atoms with Gasteiger partial charge in [-0.1, -0.05) is 13.0 Å². The van der Waals surface area contributed by atoms with E-state index in [0.29, 0.717) is 11.5 Å². The molecule has 1 aromatic heterocycles. The molecule has 0 saturated carbocycles. The molecule has 2 aromatic rings. The number of rotatable bonds is 4. The summed E-state index contributed by atoms with van der Waals surface area (Å²) in [5.41, 5.74) is 3.59. The summed E-state index contributed by atoms with van der Waals surface area (Å²) in [7, 11) is 0. The van der Waals surface area contributed by atoms with Gasteiger partial charge in [0.25, 0.3) is 0 Å². The van der Waals surface area contributed by atoms with Crippen molar-refractivity contribution in [3.8, 4) is 11.8 Å². The van der Waals surface area contributed by atoms with Gasteiger partial charge in [-0.25, -0.2) is 0 Å². The van der Waals surface area contributed by atoms with Crippen LogP contribution in [0.5, 0.6) is 0 Å². The number of benzene rings is 1. The summed E-state index contributed by atoms with van der Waals surface area (Å²) in [4.78, 5) is 1.50. The summed E-state index contributed by atoms with van der Waals surface area (Å²) in [6.07, 6.45) is 0.974. The Bertz CT molecular complexity index is 621. The van der Waals surface area contributed by atoms with Gasteiger partial charge in [0.2, 0.25) is 5.69 Å². The first-order valence-electron chi connectivity index (χ1n) is 6.34. The number of aromatic nitrogens is 3. The molecule has 5 nitrogen and oxygen atoms in total. The van der Waals surface area contributed by atoms with Crippen LogP contribution in [0.2, 0.25) is 0 Å². The largest absolute Gasteiger partial charge is 0.366 e. The molecule has 1 aromatic carbocycles. The van der Waals surface area contributed by atoms with E-state index in [0.717, 1.165) is 18.7 Å². The highest BCUT2D eigenvalue weighted by atomic mass is 15.5. The average molecular weight is 255 g/mol. The quantitative estimate of drug-likeness (QED) is 0.911. The topological polar surface area (TPSA) is 66.5 Å². The smallest absolute Gasteiger partial charge is 0.207 e. The van der Waals surface area contributed by atoms with Crippen LogP contribution in [-0.4, -0.2) is 21.5 Å². The maximum Gasteiger partial charge on any atom is 0.207 e. The Morgan fingerprint density at radius 1 is 1.26 bits per heavy atom. The second-order valence-corrected chi connectivity index (χ2v) is 4.49. The van der Waals surface area contributed by atoms with Crippen LogP contribution in [0.25, 0.3) is 5.69 Å². The summed E-state index contributed by atoms with van der Waals surface area (Å²) in [5.74, 6) is 0.544. The highest BCUT2D eigenvalue weighted by molar-refractivity contribution is 5.48. The molecule has 0 atom stereocenters. The minimum absolute atomic E-state index is 0.326. The van der Waals surface area contributed by atoms with Gasteiger partial charge in [0.15, 0.2) is 5.82 Å². The van der Waals surface area contributed by atoms with Gasteiger partial charge in [0.05, 0.1) is 5.69 Å². The van der Waals surface area contributed by atoms with E-state index < -0.39 is 0 Å². The molecule has 0 fully saturated rings. The van der Waals surface area contributed by atoms with Gasteiger partial charge in [0.1, 0.15) is 6.07 Å². The van der Waals surface area contributed by atoms with Crippen LogP contribution in [0.4, 0.5) is 5.82 Å². The van der Waals surface area contributed by atoms with Gasteiger partial charge in [0, 0.05) is 6.54 Å². The van der Waals surface area contributed by atoms with Crippen LogP contribution >= 0.6 is 0 Å². The van der Waals surface area contributed by atoms with Gasteiger partial charge in [-0.2, -0.15) is 5.26 Å². The third-order valence-electron chi connectivity index (χ3n) is 2.98. The third-order valence-corrected chi connectivity index (χ3v) is 2.98.